The molecule has 1 unspecified atom stereocenters. The van der Waals surface area contributed by atoms with E-state index in [4.69, 9.17) is 17.3 Å². The maximum absolute atomic E-state index is 5.82. The van der Waals surface area contributed by atoms with E-state index in [9.17, 15) is 0 Å². The van der Waals surface area contributed by atoms with Crippen molar-refractivity contribution in [3.05, 3.63) is 0 Å². The molecule has 0 rings (SSSR count). The molecule has 0 saturated heterocycles. The van der Waals surface area contributed by atoms with Crippen molar-refractivity contribution >= 4 is 11.6 Å². The summed E-state index contributed by atoms with van der Waals surface area (Å²) in [6.45, 7) is 6.80. The second-order valence-corrected chi connectivity index (χ2v) is 3.60. The van der Waals surface area contributed by atoms with Gasteiger partial charge in [-0.1, -0.05) is 20.8 Å². The Labute approximate surface area is 56.2 Å². The van der Waals surface area contributed by atoms with Crippen LogP contribution in [0.5, 0.6) is 0 Å². The highest BCUT2D eigenvalue weighted by molar-refractivity contribution is 6.21. The number of nitrogens with two attached hydrogens (primary N) is 1. The summed E-state index contributed by atoms with van der Waals surface area (Å²) in [5, 5.41) is 0.0995. The van der Waals surface area contributed by atoms with Crippen molar-refractivity contribution in [1.29, 1.82) is 0 Å². The van der Waals surface area contributed by atoms with Gasteiger partial charge in [-0.15, -0.1) is 11.6 Å². The number of hydrogen-bond acceptors (Lipinski definition) is 1. The van der Waals surface area contributed by atoms with Gasteiger partial charge in [0.15, 0.2) is 0 Å². The van der Waals surface area contributed by atoms with Gasteiger partial charge in [-0.05, 0) is 5.41 Å². The Balaban J connectivity index is 3.62. The van der Waals surface area contributed by atoms with Crippen LogP contribution in [0.1, 0.15) is 20.8 Å². The highest BCUT2D eigenvalue weighted by Crippen LogP contribution is 2.22. The van der Waals surface area contributed by atoms with Gasteiger partial charge in [0.25, 0.3) is 0 Å². The predicted octanol–water partition coefficient (Wildman–Crippen LogP) is 1.60. The van der Waals surface area contributed by atoms with Crippen LogP contribution < -0.4 is 5.73 Å². The molecular formula is C6H14ClN. The third kappa shape index (κ3) is 2.53. The zero-order valence-corrected chi connectivity index (χ0v) is 6.50. The summed E-state index contributed by atoms with van der Waals surface area (Å²) in [5.74, 6) is 0. The summed E-state index contributed by atoms with van der Waals surface area (Å²) in [6, 6.07) is 0. The first kappa shape index (κ1) is 8.25. The van der Waals surface area contributed by atoms with Crippen LogP contribution in [-0.2, 0) is 0 Å². The average molecular weight is 136 g/mol. The van der Waals surface area contributed by atoms with E-state index in [0.29, 0.717) is 6.54 Å². The van der Waals surface area contributed by atoms with Crippen molar-refractivity contribution in [1.82, 2.24) is 0 Å². The van der Waals surface area contributed by atoms with Crippen LogP contribution in [0.4, 0.5) is 0 Å². The number of alkyl halides is 1. The molecular weight excluding hydrogens is 122 g/mol. The van der Waals surface area contributed by atoms with Gasteiger partial charge in [-0.3, -0.25) is 0 Å². The monoisotopic (exact) mass is 135 g/mol. The van der Waals surface area contributed by atoms with Gasteiger partial charge in [0, 0.05) is 6.54 Å². The Bertz CT molecular complexity index is 65.4. The third-order valence-electron chi connectivity index (χ3n) is 1.15. The van der Waals surface area contributed by atoms with E-state index >= 15 is 0 Å². The lowest BCUT2D eigenvalue weighted by atomic mass is 9.92. The minimum atomic E-state index is 0.0995. The zero-order valence-electron chi connectivity index (χ0n) is 5.74. The molecule has 1 atom stereocenters. The molecule has 0 radical (unpaired) electrons. The van der Waals surface area contributed by atoms with E-state index in [1.165, 1.54) is 0 Å². The molecule has 0 fully saturated rings. The lowest BCUT2D eigenvalue weighted by Gasteiger charge is -2.23. The molecule has 0 saturated carbocycles. The smallest absolute Gasteiger partial charge is 0.0506 e. The van der Waals surface area contributed by atoms with Crippen molar-refractivity contribution in [3.8, 4) is 0 Å². The fourth-order valence-corrected chi connectivity index (χ4v) is 0.354. The molecule has 2 N–H and O–H groups in total. The van der Waals surface area contributed by atoms with Crippen molar-refractivity contribution in [3.63, 3.8) is 0 Å². The van der Waals surface area contributed by atoms with Gasteiger partial charge in [-0.25, -0.2) is 0 Å². The van der Waals surface area contributed by atoms with Crippen LogP contribution in [0, 0.1) is 5.41 Å². The molecule has 0 bridgehead atoms. The molecule has 0 aromatic rings. The van der Waals surface area contributed by atoms with Gasteiger partial charge in [0.2, 0.25) is 0 Å². The summed E-state index contributed by atoms with van der Waals surface area (Å²) in [5.41, 5.74) is 5.48. The number of halogens is 1. The zero-order chi connectivity index (χ0) is 6.78. The molecule has 2 heteroatoms. The molecule has 0 spiro atoms. The Hall–Kier alpha value is 0.250. The van der Waals surface area contributed by atoms with Gasteiger partial charge >= 0.3 is 0 Å². The molecule has 0 amide bonds. The topological polar surface area (TPSA) is 26.0 Å². The maximum Gasteiger partial charge on any atom is 0.0506 e. The van der Waals surface area contributed by atoms with Crippen LogP contribution in [0.15, 0.2) is 0 Å². The summed E-state index contributed by atoms with van der Waals surface area (Å²) in [4.78, 5) is 0. The van der Waals surface area contributed by atoms with Crippen LogP contribution in [0.2, 0.25) is 0 Å². The molecule has 1 nitrogen and oxygen atoms in total. The molecule has 50 valence electrons. The van der Waals surface area contributed by atoms with Crippen LogP contribution in [0.3, 0.4) is 0 Å². The minimum Gasteiger partial charge on any atom is -0.329 e. The SMILES string of the molecule is CC(C)(C)C(Cl)CN. The van der Waals surface area contributed by atoms with Crippen molar-refractivity contribution < 1.29 is 0 Å². The molecule has 8 heavy (non-hydrogen) atoms. The average Bonchev–Trinajstić information content (AvgIpc) is 1.62. The quantitative estimate of drug-likeness (QED) is 0.543. The van der Waals surface area contributed by atoms with Crippen molar-refractivity contribution in [2.24, 2.45) is 11.1 Å². The summed E-state index contributed by atoms with van der Waals surface area (Å²) in [6.07, 6.45) is 0. The predicted molar refractivity (Wildman–Crippen MR) is 38.2 cm³/mol. The lowest BCUT2D eigenvalue weighted by molar-refractivity contribution is 0.393. The van der Waals surface area contributed by atoms with Gasteiger partial charge in [0.1, 0.15) is 0 Å². The van der Waals surface area contributed by atoms with E-state index < -0.39 is 0 Å². The Morgan fingerprint density at radius 1 is 1.50 bits per heavy atom. The largest absolute Gasteiger partial charge is 0.329 e. The second kappa shape index (κ2) is 2.70. The van der Waals surface area contributed by atoms with Crippen molar-refractivity contribution in [2.45, 2.75) is 26.1 Å². The van der Waals surface area contributed by atoms with Crippen LogP contribution in [0.25, 0.3) is 0 Å². The first-order valence-corrected chi connectivity index (χ1v) is 3.26. The fourth-order valence-electron chi connectivity index (χ4n) is 0.354. The lowest BCUT2D eigenvalue weighted by Crippen LogP contribution is -2.28. The van der Waals surface area contributed by atoms with Gasteiger partial charge in [0.05, 0.1) is 5.38 Å². The number of rotatable bonds is 1. The normalized spacial score (nSPS) is 16.1. The van der Waals surface area contributed by atoms with E-state index in [1.807, 2.05) is 0 Å². The maximum atomic E-state index is 5.82. The van der Waals surface area contributed by atoms with Gasteiger partial charge in [-0.2, -0.15) is 0 Å². The fraction of sp³-hybridized carbons (Fsp3) is 1.00. The second-order valence-electron chi connectivity index (χ2n) is 3.07. The van der Waals surface area contributed by atoms with E-state index in [-0.39, 0.29) is 10.8 Å². The van der Waals surface area contributed by atoms with Crippen LogP contribution >= 0.6 is 11.6 Å². The van der Waals surface area contributed by atoms with Crippen molar-refractivity contribution in [2.75, 3.05) is 6.54 Å². The minimum absolute atomic E-state index is 0.0995. The number of hydrogen-bond donors (Lipinski definition) is 1. The van der Waals surface area contributed by atoms with Gasteiger partial charge < -0.3 is 5.73 Å². The Morgan fingerprint density at radius 3 is 1.88 bits per heavy atom. The molecule has 0 aliphatic heterocycles. The summed E-state index contributed by atoms with van der Waals surface area (Å²) in [7, 11) is 0. The van der Waals surface area contributed by atoms with E-state index in [0.717, 1.165) is 0 Å². The standard InChI is InChI=1S/C6H14ClN/c1-6(2,3)5(7)4-8/h5H,4,8H2,1-3H3. The molecule has 0 aliphatic carbocycles. The Morgan fingerprint density at radius 2 is 1.88 bits per heavy atom. The summed E-state index contributed by atoms with van der Waals surface area (Å²) < 4.78 is 0. The Kier molecular flexibility index (Phi) is 2.78. The molecule has 0 aromatic heterocycles. The third-order valence-corrected chi connectivity index (χ3v) is 1.98. The first-order chi connectivity index (χ1) is 3.48. The first-order valence-electron chi connectivity index (χ1n) is 2.82. The molecule has 0 aromatic carbocycles. The van der Waals surface area contributed by atoms with E-state index in [2.05, 4.69) is 20.8 Å². The van der Waals surface area contributed by atoms with E-state index in [1.54, 1.807) is 0 Å². The molecule has 0 heterocycles. The highest BCUT2D eigenvalue weighted by Gasteiger charge is 2.19. The molecule has 0 aliphatic rings. The van der Waals surface area contributed by atoms with Crippen LogP contribution in [-0.4, -0.2) is 11.9 Å². The summed E-state index contributed by atoms with van der Waals surface area (Å²) >= 11 is 5.82. The highest BCUT2D eigenvalue weighted by atomic mass is 35.5.